The van der Waals surface area contributed by atoms with Crippen LogP contribution in [0.25, 0.3) is 11.2 Å². The van der Waals surface area contributed by atoms with Crippen LogP contribution in [0.2, 0.25) is 10.4 Å². The quantitative estimate of drug-likeness (QED) is 0.288. The van der Waals surface area contributed by atoms with Gasteiger partial charge in [-0.05, 0) is 24.4 Å². The van der Waals surface area contributed by atoms with E-state index in [2.05, 4.69) is 28.8 Å². The molecule has 0 aromatic carbocycles. The molecule has 0 saturated carbocycles. The Labute approximate surface area is 186 Å². The molecule has 3 heterocycles. The smallest absolute Gasteiger partial charge is 0.225 e. The van der Waals surface area contributed by atoms with E-state index in [1.807, 2.05) is 0 Å². The molecule has 0 amide bonds. The van der Waals surface area contributed by atoms with Crippen LogP contribution in [0.4, 0.5) is 0 Å². The van der Waals surface area contributed by atoms with Gasteiger partial charge in [-0.3, -0.25) is 4.57 Å². The van der Waals surface area contributed by atoms with Crippen LogP contribution in [-0.4, -0.2) is 62.8 Å². The average Bonchev–Trinajstić information content (AvgIpc) is 3.26. The summed E-state index contributed by atoms with van der Waals surface area (Å²) in [5, 5.41) is 11.2. The molecule has 0 spiro atoms. The fourth-order valence-electron chi connectivity index (χ4n) is 3.56. The standard InChI is InChI=1S/C20H30Cl2N4O4/c1-3-5-7-9-28-11-13-16(29-10-8-6-4-2)15(27)19(30-13)26-12-23-14-17(21)24-20(22)25-18(14)26/h12-13,15-16,19,27H,3-11H2,1-2H3/t13?,15-,16-,19-/m1/s1. The zero-order chi connectivity index (χ0) is 21.5. The van der Waals surface area contributed by atoms with Gasteiger partial charge in [0.15, 0.2) is 17.0 Å². The zero-order valence-electron chi connectivity index (χ0n) is 17.5. The predicted molar refractivity (Wildman–Crippen MR) is 115 cm³/mol. The molecule has 10 heteroatoms. The minimum Gasteiger partial charge on any atom is -0.386 e. The minimum absolute atomic E-state index is 0.00455. The number of hydrogen-bond donors (Lipinski definition) is 1. The van der Waals surface area contributed by atoms with Gasteiger partial charge in [0.1, 0.15) is 23.8 Å². The van der Waals surface area contributed by atoms with Gasteiger partial charge in [-0.25, -0.2) is 9.97 Å². The van der Waals surface area contributed by atoms with E-state index in [1.165, 1.54) is 6.33 Å². The van der Waals surface area contributed by atoms with Crippen molar-refractivity contribution in [3.05, 3.63) is 16.8 Å². The molecule has 4 atom stereocenters. The molecule has 1 saturated heterocycles. The number of nitrogens with zero attached hydrogens (tertiary/aromatic N) is 4. The fraction of sp³-hybridized carbons (Fsp3) is 0.750. The van der Waals surface area contributed by atoms with Gasteiger partial charge in [0.25, 0.3) is 0 Å². The first-order valence-corrected chi connectivity index (χ1v) is 11.4. The van der Waals surface area contributed by atoms with Crippen LogP contribution >= 0.6 is 23.2 Å². The van der Waals surface area contributed by atoms with E-state index < -0.39 is 24.5 Å². The lowest BCUT2D eigenvalue weighted by molar-refractivity contribution is -0.0765. The highest BCUT2D eigenvalue weighted by molar-refractivity contribution is 6.35. The molecule has 1 aliphatic heterocycles. The molecular weight excluding hydrogens is 431 g/mol. The fourth-order valence-corrected chi connectivity index (χ4v) is 3.98. The normalized spacial score (nSPS) is 24.2. The summed E-state index contributed by atoms with van der Waals surface area (Å²) in [6, 6.07) is 0. The van der Waals surface area contributed by atoms with Crippen LogP contribution in [0.5, 0.6) is 0 Å². The summed E-state index contributed by atoms with van der Waals surface area (Å²) in [6.07, 6.45) is 5.31. The molecule has 2 aromatic heterocycles. The maximum Gasteiger partial charge on any atom is 0.225 e. The van der Waals surface area contributed by atoms with Gasteiger partial charge in [-0.15, -0.1) is 0 Å². The molecule has 1 unspecified atom stereocenters. The van der Waals surface area contributed by atoms with Crippen molar-refractivity contribution in [3.8, 4) is 0 Å². The highest BCUT2D eigenvalue weighted by Crippen LogP contribution is 2.34. The maximum absolute atomic E-state index is 11.0. The molecule has 8 nitrogen and oxygen atoms in total. The van der Waals surface area contributed by atoms with E-state index in [1.54, 1.807) is 4.57 Å². The van der Waals surface area contributed by atoms with Gasteiger partial charge in [0.05, 0.1) is 12.9 Å². The van der Waals surface area contributed by atoms with Gasteiger partial charge in [-0.2, -0.15) is 4.98 Å². The lowest BCUT2D eigenvalue weighted by Crippen LogP contribution is -2.37. The van der Waals surface area contributed by atoms with Crippen molar-refractivity contribution in [2.45, 2.75) is 76.9 Å². The SMILES string of the molecule is CCCCCOCC1O[C@@H](n2cnc3c(Cl)nc(Cl)nc32)[C@H](O)[C@@H]1OCCCCC. The lowest BCUT2D eigenvalue weighted by atomic mass is 10.1. The Morgan fingerprint density at radius 3 is 2.57 bits per heavy atom. The van der Waals surface area contributed by atoms with E-state index in [0.717, 1.165) is 38.5 Å². The summed E-state index contributed by atoms with van der Waals surface area (Å²) in [4.78, 5) is 12.4. The van der Waals surface area contributed by atoms with Crippen molar-refractivity contribution in [2.24, 2.45) is 0 Å². The molecule has 0 bridgehead atoms. The van der Waals surface area contributed by atoms with Crippen molar-refractivity contribution >= 4 is 34.4 Å². The number of unbranched alkanes of at least 4 members (excludes halogenated alkanes) is 4. The van der Waals surface area contributed by atoms with Crippen molar-refractivity contribution in [1.29, 1.82) is 0 Å². The van der Waals surface area contributed by atoms with E-state index >= 15 is 0 Å². The van der Waals surface area contributed by atoms with E-state index in [9.17, 15) is 5.11 Å². The number of fused-ring (bicyclic) bond motifs is 1. The topological polar surface area (TPSA) is 91.5 Å². The number of imidazole rings is 1. The van der Waals surface area contributed by atoms with Crippen LogP contribution in [0.15, 0.2) is 6.33 Å². The van der Waals surface area contributed by atoms with E-state index in [-0.39, 0.29) is 10.4 Å². The zero-order valence-corrected chi connectivity index (χ0v) is 19.0. The largest absolute Gasteiger partial charge is 0.386 e. The number of rotatable bonds is 12. The summed E-state index contributed by atoms with van der Waals surface area (Å²) in [5.41, 5.74) is 0.801. The second kappa shape index (κ2) is 11.5. The number of aromatic nitrogens is 4. The second-order valence-electron chi connectivity index (χ2n) is 7.49. The van der Waals surface area contributed by atoms with Crippen LogP contribution in [0.1, 0.15) is 58.6 Å². The Kier molecular flexibility index (Phi) is 9.10. The molecule has 1 fully saturated rings. The van der Waals surface area contributed by atoms with E-state index in [4.69, 9.17) is 37.4 Å². The van der Waals surface area contributed by atoms with Gasteiger partial charge in [0.2, 0.25) is 5.28 Å². The summed E-state index contributed by atoms with van der Waals surface area (Å²) < 4.78 is 19.6. The molecular formula is C20H30Cl2N4O4. The summed E-state index contributed by atoms with van der Waals surface area (Å²) >= 11 is 12.1. The Bertz CT molecular complexity index is 806. The summed E-state index contributed by atoms with van der Waals surface area (Å²) in [5.74, 6) is 0. The number of aliphatic hydroxyl groups is 1. The number of aliphatic hydroxyl groups excluding tert-OH is 1. The highest BCUT2D eigenvalue weighted by Gasteiger charge is 2.46. The van der Waals surface area contributed by atoms with Crippen LogP contribution in [0.3, 0.4) is 0 Å². The molecule has 168 valence electrons. The summed E-state index contributed by atoms with van der Waals surface area (Å²) in [6.45, 7) is 5.85. The first-order valence-electron chi connectivity index (χ1n) is 10.6. The molecule has 0 radical (unpaired) electrons. The maximum atomic E-state index is 11.0. The third-order valence-electron chi connectivity index (χ3n) is 5.17. The first-order chi connectivity index (χ1) is 14.6. The highest BCUT2D eigenvalue weighted by atomic mass is 35.5. The second-order valence-corrected chi connectivity index (χ2v) is 8.18. The Balaban J connectivity index is 1.75. The minimum atomic E-state index is -0.916. The number of halogens is 2. The number of ether oxygens (including phenoxy) is 3. The predicted octanol–water partition coefficient (Wildman–Crippen LogP) is 4.17. The molecule has 30 heavy (non-hydrogen) atoms. The van der Waals surface area contributed by atoms with Gasteiger partial charge in [-0.1, -0.05) is 51.1 Å². The van der Waals surface area contributed by atoms with E-state index in [0.29, 0.717) is 31.0 Å². The number of hydrogen-bond acceptors (Lipinski definition) is 7. The van der Waals surface area contributed by atoms with Crippen LogP contribution in [-0.2, 0) is 14.2 Å². The Morgan fingerprint density at radius 2 is 1.83 bits per heavy atom. The van der Waals surface area contributed by atoms with Gasteiger partial charge < -0.3 is 19.3 Å². The molecule has 2 aromatic rings. The molecule has 1 aliphatic rings. The van der Waals surface area contributed by atoms with Crippen molar-refractivity contribution in [2.75, 3.05) is 19.8 Å². The van der Waals surface area contributed by atoms with Crippen molar-refractivity contribution in [3.63, 3.8) is 0 Å². The van der Waals surface area contributed by atoms with Crippen LogP contribution in [0, 0.1) is 0 Å². The lowest BCUT2D eigenvalue weighted by Gasteiger charge is -2.21. The van der Waals surface area contributed by atoms with Gasteiger partial charge in [0, 0.05) is 13.2 Å². The van der Waals surface area contributed by atoms with Crippen LogP contribution < -0.4 is 0 Å². The molecule has 3 rings (SSSR count). The summed E-state index contributed by atoms with van der Waals surface area (Å²) in [7, 11) is 0. The van der Waals surface area contributed by atoms with Crippen molar-refractivity contribution in [1.82, 2.24) is 19.5 Å². The third kappa shape index (κ3) is 5.60. The first kappa shape index (κ1) is 23.6. The Morgan fingerprint density at radius 1 is 1.10 bits per heavy atom. The van der Waals surface area contributed by atoms with Crippen molar-refractivity contribution < 1.29 is 19.3 Å². The Hall–Kier alpha value is -1.03. The molecule has 1 N–H and O–H groups in total. The molecule has 0 aliphatic carbocycles. The monoisotopic (exact) mass is 460 g/mol. The van der Waals surface area contributed by atoms with Gasteiger partial charge >= 0.3 is 0 Å². The third-order valence-corrected chi connectivity index (χ3v) is 5.60. The average molecular weight is 461 g/mol.